The molecule has 0 radical (unpaired) electrons. The van der Waals surface area contributed by atoms with Crippen LogP contribution in [-0.4, -0.2) is 46.8 Å². The molecule has 11 heteroatoms. The van der Waals surface area contributed by atoms with Gasteiger partial charge in [0.1, 0.15) is 29.4 Å². The summed E-state index contributed by atoms with van der Waals surface area (Å²) in [7, 11) is 0. The number of benzene rings is 3. The minimum Gasteiger partial charge on any atom is -0.469 e. The van der Waals surface area contributed by atoms with Crippen LogP contribution in [0.1, 0.15) is 78.0 Å². The average molecular weight is 694 g/mol. The van der Waals surface area contributed by atoms with Crippen LogP contribution in [0, 0.1) is 5.92 Å². The fourth-order valence-corrected chi connectivity index (χ4v) is 9.15. The van der Waals surface area contributed by atoms with E-state index in [1.807, 2.05) is 26.0 Å². The molecule has 260 valence electrons. The summed E-state index contributed by atoms with van der Waals surface area (Å²) >= 11 is 0. The molecule has 5 aromatic rings. The zero-order valence-electron chi connectivity index (χ0n) is 28.6. The number of anilines is 1. The van der Waals surface area contributed by atoms with Crippen molar-refractivity contribution in [3.05, 3.63) is 112 Å². The van der Waals surface area contributed by atoms with Crippen molar-refractivity contribution in [3.63, 3.8) is 0 Å². The van der Waals surface area contributed by atoms with E-state index in [1.54, 1.807) is 6.20 Å². The number of carbonyl (C=O) groups excluding carboxylic acids is 2. The molecule has 5 atom stereocenters. The lowest BCUT2D eigenvalue weighted by Gasteiger charge is -2.29. The first kappa shape index (κ1) is 30.0. The lowest BCUT2D eigenvalue weighted by atomic mass is 9.72. The molecule has 0 saturated carbocycles. The number of oxazole rings is 2. The molecule has 1 spiro atoms. The maximum atomic E-state index is 14.2. The van der Waals surface area contributed by atoms with Crippen LogP contribution in [-0.2, 0) is 32.6 Å². The van der Waals surface area contributed by atoms with Gasteiger partial charge in [-0.05, 0) is 53.5 Å². The van der Waals surface area contributed by atoms with E-state index >= 15 is 0 Å². The van der Waals surface area contributed by atoms with Gasteiger partial charge in [-0.3, -0.25) is 9.59 Å². The van der Waals surface area contributed by atoms with Crippen molar-refractivity contribution in [2.24, 2.45) is 5.92 Å². The second-order valence-corrected chi connectivity index (χ2v) is 14.9. The third-order valence-electron chi connectivity index (χ3n) is 11.6. The van der Waals surface area contributed by atoms with Gasteiger partial charge >= 0.3 is 0 Å². The van der Waals surface area contributed by atoms with Crippen LogP contribution >= 0.6 is 0 Å². The average Bonchev–Trinajstić information content (AvgIpc) is 3.99. The lowest BCUT2D eigenvalue weighted by Crippen LogP contribution is -2.51. The van der Waals surface area contributed by atoms with Gasteiger partial charge < -0.3 is 34.3 Å². The molecule has 10 bridgehead atoms. The molecule has 11 nitrogen and oxygen atoms in total. The van der Waals surface area contributed by atoms with Crippen LogP contribution in [0.4, 0.5) is 5.69 Å². The molecule has 3 N–H and O–H groups in total. The molecular formula is C41H35N5O6. The van der Waals surface area contributed by atoms with E-state index < -0.39 is 29.8 Å². The number of amides is 2. The van der Waals surface area contributed by atoms with E-state index in [0.29, 0.717) is 47.8 Å². The van der Waals surface area contributed by atoms with Gasteiger partial charge in [-0.2, -0.15) is 0 Å². The summed E-state index contributed by atoms with van der Waals surface area (Å²) in [6, 6.07) is 17.3. The number of nitrogens with one attached hydrogen (secondary N) is 3. The molecule has 7 heterocycles. The van der Waals surface area contributed by atoms with Crippen molar-refractivity contribution in [2.45, 2.75) is 69.4 Å². The summed E-state index contributed by atoms with van der Waals surface area (Å²) in [5, 5.41) is 10.0. The van der Waals surface area contributed by atoms with Crippen LogP contribution in [0.5, 0.6) is 5.75 Å². The molecule has 6 aliphatic rings. The smallest absolute Gasteiger partial charge is 0.249 e. The Morgan fingerprint density at radius 1 is 1.04 bits per heavy atom. The maximum Gasteiger partial charge on any atom is 0.249 e. The highest BCUT2D eigenvalue weighted by Crippen LogP contribution is 2.61. The number of fused-ring (bicyclic) bond motifs is 7. The number of hydrogen-bond acceptors (Lipinski definition) is 9. The Hall–Kier alpha value is -5.68. The van der Waals surface area contributed by atoms with Crippen LogP contribution < -0.4 is 20.7 Å². The van der Waals surface area contributed by atoms with Gasteiger partial charge in [0.25, 0.3) is 0 Å². The van der Waals surface area contributed by atoms with Gasteiger partial charge in [0, 0.05) is 41.0 Å². The number of carbonyl (C=O) groups is 2. The Morgan fingerprint density at radius 2 is 1.92 bits per heavy atom. The topological polar surface area (TPSA) is 141 Å². The molecular weight excluding hydrogens is 658 g/mol. The summed E-state index contributed by atoms with van der Waals surface area (Å²) in [6.45, 7) is 4.54. The monoisotopic (exact) mass is 693 g/mol. The first-order chi connectivity index (χ1) is 25.4. The minimum absolute atomic E-state index is 0.123. The summed E-state index contributed by atoms with van der Waals surface area (Å²) in [5.41, 5.74) is 8.58. The molecule has 1 fully saturated rings. The summed E-state index contributed by atoms with van der Waals surface area (Å²) in [4.78, 5) is 37.6. The third kappa shape index (κ3) is 3.99. The highest BCUT2D eigenvalue weighted by atomic mass is 16.5. The molecule has 2 amide bonds. The third-order valence-corrected chi connectivity index (χ3v) is 11.6. The number of para-hydroxylation sites is 1. The van der Waals surface area contributed by atoms with Crippen LogP contribution in [0.15, 0.2) is 75.7 Å². The Balaban J connectivity index is 1.19. The van der Waals surface area contributed by atoms with E-state index in [1.165, 1.54) is 5.56 Å². The van der Waals surface area contributed by atoms with Crippen LogP contribution in [0.3, 0.4) is 0 Å². The molecule has 3 aromatic carbocycles. The van der Waals surface area contributed by atoms with Crippen LogP contribution in [0.25, 0.3) is 28.3 Å². The summed E-state index contributed by atoms with van der Waals surface area (Å²) in [6.07, 6.45) is 5.26. The molecule has 1 aliphatic carbocycles. The molecule has 2 unspecified atom stereocenters. The Morgan fingerprint density at radius 3 is 2.79 bits per heavy atom. The van der Waals surface area contributed by atoms with E-state index in [0.717, 1.165) is 57.5 Å². The largest absolute Gasteiger partial charge is 0.469 e. The molecule has 5 aliphatic heterocycles. The van der Waals surface area contributed by atoms with Gasteiger partial charge in [-0.1, -0.05) is 68.5 Å². The molecule has 52 heavy (non-hydrogen) atoms. The zero-order chi connectivity index (χ0) is 34.9. The Labute approximate surface area is 298 Å². The highest BCUT2D eigenvalue weighted by Gasteiger charge is 2.61. The number of aromatic nitrogens is 2. The standard InChI is InChI=1S/C41H35N5O6/c1-19(2)32-39-45-34-35(52-39)41-25-9-4-8-23(22-7-3-6-21-12-13-24(31(21)22)30-18-42-38(34)50-30)33(25)46-40(41)51-28-14-11-20(16-26(28)41)17-27(36(47)44-32)43-37(48)29-10-5-15-49-29/h3-4,6-9,11,13-14,16,18-19,27,29,32,40,46H,5,10,12,15,17H2,1-2H3,(H,43,48)(H,44,47)/t27?,29-,32-,40-,41?/m0/s1. The minimum atomic E-state index is -1.01. The van der Waals surface area contributed by atoms with E-state index in [9.17, 15) is 9.59 Å². The van der Waals surface area contributed by atoms with Crippen molar-refractivity contribution < 1.29 is 27.9 Å². The van der Waals surface area contributed by atoms with Gasteiger partial charge in [0.2, 0.25) is 23.6 Å². The second kappa shape index (κ2) is 10.7. The van der Waals surface area contributed by atoms with Crippen LogP contribution in [0.2, 0.25) is 0 Å². The summed E-state index contributed by atoms with van der Waals surface area (Å²) < 4.78 is 26.2. The van der Waals surface area contributed by atoms with Crippen molar-refractivity contribution in [1.29, 1.82) is 0 Å². The normalized spacial score (nSPS) is 25.6. The van der Waals surface area contributed by atoms with E-state index in [-0.39, 0.29) is 24.2 Å². The lowest BCUT2D eigenvalue weighted by molar-refractivity contribution is -0.135. The quantitative estimate of drug-likeness (QED) is 0.214. The molecule has 2 aromatic heterocycles. The maximum absolute atomic E-state index is 14.2. The highest BCUT2D eigenvalue weighted by molar-refractivity contribution is 5.97. The summed E-state index contributed by atoms with van der Waals surface area (Å²) in [5.74, 6) is 1.76. The predicted molar refractivity (Wildman–Crippen MR) is 189 cm³/mol. The Kier molecular flexibility index (Phi) is 6.16. The fourth-order valence-electron chi connectivity index (χ4n) is 9.15. The van der Waals surface area contributed by atoms with Crippen molar-refractivity contribution in [1.82, 2.24) is 20.6 Å². The van der Waals surface area contributed by atoms with Gasteiger partial charge in [-0.15, -0.1) is 0 Å². The second-order valence-electron chi connectivity index (χ2n) is 14.9. The molecule has 1 saturated heterocycles. The fraction of sp³-hybridized carbons (Fsp3) is 0.317. The number of allylic oxidation sites excluding steroid dienone is 1. The van der Waals surface area contributed by atoms with Crippen molar-refractivity contribution >= 4 is 23.1 Å². The number of rotatable bonds is 3. The number of nitrogens with zero attached hydrogens (tertiary/aromatic N) is 2. The van der Waals surface area contributed by atoms with E-state index in [2.05, 4.69) is 64.5 Å². The molecule has 11 rings (SSSR count). The first-order valence-electron chi connectivity index (χ1n) is 18.1. The Bertz CT molecular complexity index is 2400. The predicted octanol–water partition coefficient (Wildman–Crippen LogP) is 5.81. The van der Waals surface area contributed by atoms with Gasteiger partial charge in [-0.25, -0.2) is 9.97 Å². The van der Waals surface area contributed by atoms with E-state index in [4.69, 9.17) is 28.3 Å². The first-order valence-corrected chi connectivity index (χ1v) is 18.1. The van der Waals surface area contributed by atoms with Crippen molar-refractivity contribution in [3.8, 4) is 28.5 Å². The SMILES string of the molecule is CC(C)[C@@H]1NC(=O)C(NC(=O)[C@@H]2CCCO2)Cc2ccc3c(c2)C24c5cccc(c5N[C@H]2O3)-c2cccc3c2C(=CC3)c2cnc(o2)-c2nc1oc24. The number of hydrogen-bond donors (Lipinski definition) is 3. The van der Waals surface area contributed by atoms with Gasteiger partial charge in [0.15, 0.2) is 23.4 Å². The van der Waals surface area contributed by atoms with Crippen molar-refractivity contribution in [2.75, 3.05) is 11.9 Å². The zero-order valence-corrected chi connectivity index (χ0v) is 28.6. The van der Waals surface area contributed by atoms with Gasteiger partial charge in [0.05, 0.1) is 6.20 Å². The number of ether oxygens (including phenoxy) is 2.